The minimum atomic E-state index is -0.221. The molecule has 2 aromatic carbocycles. The summed E-state index contributed by atoms with van der Waals surface area (Å²) in [5.41, 5.74) is 3.49. The molecule has 146 valence electrons. The van der Waals surface area contributed by atoms with Gasteiger partial charge in [-0.1, -0.05) is 50.2 Å². The van der Waals surface area contributed by atoms with Gasteiger partial charge in [0.05, 0.1) is 0 Å². The molecular weight excluding hydrogens is 353 g/mol. The van der Waals surface area contributed by atoms with E-state index in [0.29, 0.717) is 41.2 Å². The molecule has 0 aliphatic carbocycles. The maximum Gasteiger partial charge on any atom is 0.258 e. The lowest BCUT2D eigenvalue weighted by Gasteiger charge is -2.37. The van der Waals surface area contributed by atoms with Crippen LogP contribution in [0.5, 0.6) is 0 Å². The summed E-state index contributed by atoms with van der Waals surface area (Å²) in [6, 6.07) is 13.3. The first kappa shape index (κ1) is 18.8. The molecule has 1 aliphatic heterocycles. The Morgan fingerprint density at radius 1 is 1.11 bits per heavy atom. The molecule has 2 heterocycles. The highest BCUT2D eigenvalue weighted by Crippen LogP contribution is 2.26. The molecule has 0 bridgehead atoms. The largest absolute Gasteiger partial charge is 0.334 e. The Labute approximate surface area is 165 Å². The van der Waals surface area contributed by atoms with Crippen molar-refractivity contribution in [3.8, 4) is 22.8 Å². The van der Waals surface area contributed by atoms with Crippen molar-refractivity contribution in [3.63, 3.8) is 0 Å². The minimum Gasteiger partial charge on any atom is -0.334 e. The second kappa shape index (κ2) is 7.84. The van der Waals surface area contributed by atoms with E-state index < -0.39 is 0 Å². The van der Waals surface area contributed by atoms with Crippen LogP contribution in [-0.2, 0) is 13.0 Å². The summed E-state index contributed by atoms with van der Waals surface area (Å²) in [5, 5.41) is 4.04. The Hall–Kier alpha value is -2.53. The van der Waals surface area contributed by atoms with Crippen LogP contribution in [-0.4, -0.2) is 28.1 Å². The third-order valence-electron chi connectivity index (χ3n) is 5.12. The monoisotopic (exact) mass is 379 g/mol. The van der Waals surface area contributed by atoms with Gasteiger partial charge >= 0.3 is 0 Å². The van der Waals surface area contributed by atoms with Crippen molar-refractivity contribution in [2.24, 2.45) is 11.8 Å². The van der Waals surface area contributed by atoms with E-state index in [9.17, 15) is 4.39 Å². The van der Waals surface area contributed by atoms with Gasteiger partial charge in [0.25, 0.3) is 5.89 Å². The van der Waals surface area contributed by atoms with Gasteiger partial charge in [0.15, 0.2) is 0 Å². The molecule has 1 fully saturated rings. The first-order valence-corrected chi connectivity index (χ1v) is 9.92. The molecule has 28 heavy (non-hydrogen) atoms. The molecule has 0 unspecified atom stereocenters. The number of rotatable bonds is 6. The molecule has 1 aromatic heterocycles. The molecule has 4 rings (SSSR count). The third-order valence-corrected chi connectivity index (χ3v) is 5.12. The quantitative estimate of drug-likeness (QED) is 0.591. The van der Waals surface area contributed by atoms with Crippen molar-refractivity contribution < 1.29 is 8.91 Å². The van der Waals surface area contributed by atoms with Crippen LogP contribution in [0.4, 0.5) is 4.39 Å². The van der Waals surface area contributed by atoms with Gasteiger partial charge in [0, 0.05) is 36.3 Å². The maximum atomic E-state index is 14.5. The van der Waals surface area contributed by atoms with E-state index in [0.717, 1.165) is 25.1 Å². The van der Waals surface area contributed by atoms with Gasteiger partial charge in [0.1, 0.15) is 5.82 Å². The zero-order valence-corrected chi connectivity index (χ0v) is 16.7. The zero-order valence-electron chi connectivity index (χ0n) is 16.7. The Balaban J connectivity index is 1.48. The first-order chi connectivity index (χ1) is 13.5. The number of benzene rings is 2. The number of hydrogen-bond acceptors (Lipinski definition) is 4. The molecule has 5 heteroatoms. The fourth-order valence-corrected chi connectivity index (χ4v) is 3.73. The Kier molecular flexibility index (Phi) is 5.27. The number of aromatic nitrogens is 2. The lowest BCUT2D eigenvalue weighted by molar-refractivity contribution is 0.103. The second-order valence-corrected chi connectivity index (χ2v) is 8.32. The molecule has 0 spiro atoms. The molecule has 1 saturated heterocycles. The van der Waals surface area contributed by atoms with E-state index in [2.05, 4.69) is 47.9 Å². The van der Waals surface area contributed by atoms with Gasteiger partial charge < -0.3 is 4.52 Å². The molecule has 0 N–H and O–H groups in total. The van der Waals surface area contributed by atoms with Crippen LogP contribution in [0.2, 0.25) is 0 Å². The predicted molar refractivity (Wildman–Crippen MR) is 108 cm³/mol. The van der Waals surface area contributed by atoms with Crippen molar-refractivity contribution in [1.29, 1.82) is 0 Å². The lowest BCUT2D eigenvalue weighted by atomic mass is 10.0. The van der Waals surface area contributed by atoms with Crippen LogP contribution in [0, 0.1) is 17.7 Å². The fourth-order valence-electron chi connectivity index (χ4n) is 3.73. The molecule has 0 amide bonds. The lowest BCUT2D eigenvalue weighted by Crippen LogP contribution is -2.44. The van der Waals surface area contributed by atoms with Crippen LogP contribution >= 0.6 is 0 Å². The summed E-state index contributed by atoms with van der Waals surface area (Å²) in [5.74, 6) is 1.96. The molecular formula is C23H26FN3O. The zero-order chi connectivity index (χ0) is 19.7. The highest BCUT2D eigenvalue weighted by atomic mass is 19.1. The van der Waals surface area contributed by atoms with Gasteiger partial charge in [0.2, 0.25) is 5.82 Å². The summed E-state index contributed by atoms with van der Waals surface area (Å²) < 4.78 is 19.9. The predicted octanol–water partition coefficient (Wildman–Crippen LogP) is 5.19. The van der Waals surface area contributed by atoms with Crippen LogP contribution < -0.4 is 0 Å². The van der Waals surface area contributed by atoms with E-state index in [1.54, 1.807) is 0 Å². The highest BCUT2D eigenvalue weighted by Gasteiger charge is 2.23. The van der Waals surface area contributed by atoms with Crippen LogP contribution in [0.3, 0.4) is 0 Å². The molecule has 1 aliphatic rings. The maximum absolute atomic E-state index is 14.5. The van der Waals surface area contributed by atoms with E-state index in [1.807, 2.05) is 24.3 Å². The summed E-state index contributed by atoms with van der Waals surface area (Å²) in [6.45, 7) is 9.33. The number of halogens is 1. The average molecular weight is 379 g/mol. The van der Waals surface area contributed by atoms with Crippen molar-refractivity contribution in [2.45, 2.75) is 33.7 Å². The summed E-state index contributed by atoms with van der Waals surface area (Å²) >= 11 is 0. The van der Waals surface area contributed by atoms with Gasteiger partial charge in [-0.05, 0) is 42.0 Å². The molecule has 0 radical (unpaired) electrons. The molecule has 0 saturated carbocycles. The summed E-state index contributed by atoms with van der Waals surface area (Å²) in [7, 11) is 0. The minimum absolute atomic E-state index is 0.221. The average Bonchev–Trinajstić information content (AvgIpc) is 3.12. The van der Waals surface area contributed by atoms with Crippen molar-refractivity contribution in [3.05, 3.63) is 59.4 Å². The summed E-state index contributed by atoms with van der Waals surface area (Å²) in [4.78, 5) is 6.70. The molecule has 3 aromatic rings. The van der Waals surface area contributed by atoms with E-state index >= 15 is 0 Å². The smallest absolute Gasteiger partial charge is 0.258 e. The van der Waals surface area contributed by atoms with Crippen molar-refractivity contribution in [1.82, 2.24) is 15.0 Å². The van der Waals surface area contributed by atoms with Crippen molar-refractivity contribution >= 4 is 0 Å². The fraction of sp³-hybridized carbons (Fsp3) is 0.391. The second-order valence-electron chi connectivity index (χ2n) is 8.32. The van der Waals surface area contributed by atoms with Gasteiger partial charge in [-0.3, -0.25) is 4.90 Å². The van der Waals surface area contributed by atoms with E-state index in [4.69, 9.17) is 4.52 Å². The highest BCUT2D eigenvalue weighted by molar-refractivity contribution is 5.60. The Morgan fingerprint density at radius 2 is 1.82 bits per heavy atom. The molecule has 4 nitrogen and oxygen atoms in total. The SMILES string of the molecule is CC(C)Cc1ccc(-c2nc(-c3ccc(CN4CC(C)C4)c(F)c3)no2)cc1. The van der Waals surface area contributed by atoms with Crippen molar-refractivity contribution in [2.75, 3.05) is 13.1 Å². The summed E-state index contributed by atoms with van der Waals surface area (Å²) in [6.07, 6.45) is 1.04. The van der Waals surface area contributed by atoms with Gasteiger partial charge in [-0.15, -0.1) is 0 Å². The Bertz CT molecular complexity index is 943. The van der Waals surface area contributed by atoms with E-state index in [-0.39, 0.29) is 5.82 Å². The first-order valence-electron chi connectivity index (χ1n) is 9.92. The topological polar surface area (TPSA) is 42.2 Å². The van der Waals surface area contributed by atoms with Crippen LogP contribution in [0.15, 0.2) is 47.0 Å². The number of likely N-dealkylation sites (tertiary alicyclic amines) is 1. The standard InChI is InChI=1S/C23H26FN3O/c1-15(2)10-17-4-6-18(7-5-17)23-25-22(26-28-23)19-8-9-20(21(24)11-19)14-27-12-16(3)13-27/h4-9,11,15-16H,10,12-14H2,1-3H3. The number of hydrogen-bond donors (Lipinski definition) is 0. The van der Waals surface area contributed by atoms with Gasteiger partial charge in [-0.25, -0.2) is 4.39 Å². The third kappa shape index (κ3) is 4.14. The van der Waals surface area contributed by atoms with Crippen LogP contribution in [0.1, 0.15) is 31.9 Å². The molecule has 0 atom stereocenters. The van der Waals surface area contributed by atoms with Crippen LogP contribution in [0.25, 0.3) is 22.8 Å². The number of nitrogens with zero attached hydrogens (tertiary/aromatic N) is 3. The van der Waals surface area contributed by atoms with Gasteiger partial charge in [-0.2, -0.15) is 4.98 Å². The normalized spacial score (nSPS) is 15.2. The van der Waals surface area contributed by atoms with E-state index in [1.165, 1.54) is 11.6 Å². The Morgan fingerprint density at radius 3 is 2.46 bits per heavy atom.